The summed E-state index contributed by atoms with van der Waals surface area (Å²) in [6.45, 7) is 5.97. The van der Waals surface area contributed by atoms with Gasteiger partial charge in [0.25, 0.3) is 0 Å². The molecule has 0 aliphatic heterocycles. The number of ketones is 1. The second-order valence-electron chi connectivity index (χ2n) is 3.57. The predicted molar refractivity (Wildman–Crippen MR) is 52.3 cm³/mol. The van der Waals surface area contributed by atoms with Gasteiger partial charge in [-0.2, -0.15) is 0 Å². The molecule has 0 aromatic carbocycles. The smallest absolute Gasteiger partial charge is 0.141 e. The largest absolute Gasteiger partial charge is 0.299 e. The summed E-state index contributed by atoms with van der Waals surface area (Å²) in [6.07, 6.45) is 1.98. The van der Waals surface area contributed by atoms with Crippen LogP contribution >= 0.6 is 0 Å². The van der Waals surface area contributed by atoms with Gasteiger partial charge in [-0.05, 0) is 24.3 Å². The first-order valence-corrected chi connectivity index (χ1v) is 4.68. The Morgan fingerprint density at radius 3 is 2.54 bits per heavy atom. The standard InChI is InChI=1S/C9H17N3O/c1-4-5-9(13)8(11-12-10)6-7(2)3/h7-8H,4-6H2,1-3H3/t8-/m0/s1. The molecule has 0 radical (unpaired) electrons. The molecule has 0 heterocycles. The maximum Gasteiger partial charge on any atom is 0.141 e. The van der Waals surface area contributed by atoms with Gasteiger partial charge in [-0.25, -0.2) is 0 Å². The molecule has 0 N–H and O–H groups in total. The average molecular weight is 183 g/mol. The Labute approximate surface area is 79.0 Å². The topological polar surface area (TPSA) is 65.8 Å². The van der Waals surface area contributed by atoms with E-state index in [0.29, 0.717) is 18.8 Å². The fourth-order valence-corrected chi connectivity index (χ4v) is 1.16. The van der Waals surface area contributed by atoms with Crippen LogP contribution in [0.4, 0.5) is 0 Å². The number of azide groups is 1. The van der Waals surface area contributed by atoms with E-state index in [0.717, 1.165) is 6.42 Å². The summed E-state index contributed by atoms with van der Waals surface area (Å²) in [5.74, 6) is 0.449. The highest BCUT2D eigenvalue weighted by Gasteiger charge is 2.16. The molecule has 0 rings (SSSR count). The second-order valence-corrected chi connectivity index (χ2v) is 3.57. The number of hydrogen-bond acceptors (Lipinski definition) is 2. The minimum absolute atomic E-state index is 0.0639. The molecule has 13 heavy (non-hydrogen) atoms. The SMILES string of the molecule is CCCC(=O)[C@H](CC(C)C)N=[N+]=[N-]. The highest BCUT2D eigenvalue weighted by molar-refractivity contribution is 5.84. The summed E-state index contributed by atoms with van der Waals surface area (Å²) in [5.41, 5.74) is 8.27. The molecule has 1 atom stereocenters. The predicted octanol–water partition coefficient (Wildman–Crippen LogP) is 3.08. The van der Waals surface area contributed by atoms with Crippen LogP contribution in [0.2, 0.25) is 0 Å². The molecule has 0 fully saturated rings. The lowest BCUT2D eigenvalue weighted by Gasteiger charge is -2.11. The highest BCUT2D eigenvalue weighted by Crippen LogP contribution is 2.11. The summed E-state index contributed by atoms with van der Waals surface area (Å²) in [4.78, 5) is 14.1. The quantitative estimate of drug-likeness (QED) is 0.354. The van der Waals surface area contributed by atoms with Crippen molar-refractivity contribution in [2.45, 2.75) is 46.1 Å². The molecule has 0 aromatic rings. The first kappa shape index (κ1) is 12.0. The lowest BCUT2D eigenvalue weighted by Crippen LogP contribution is -2.19. The van der Waals surface area contributed by atoms with E-state index in [1.807, 2.05) is 20.8 Å². The Bertz CT molecular complexity index is 207. The molecular formula is C9H17N3O. The van der Waals surface area contributed by atoms with Crippen molar-refractivity contribution in [2.75, 3.05) is 0 Å². The van der Waals surface area contributed by atoms with Crippen molar-refractivity contribution >= 4 is 5.78 Å². The normalized spacial score (nSPS) is 12.3. The zero-order valence-electron chi connectivity index (χ0n) is 8.53. The van der Waals surface area contributed by atoms with Crippen LogP contribution in [0.5, 0.6) is 0 Å². The lowest BCUT2D eigenvalue weighted by atomic mass is 9.99. The van der Waals surface area contributed by atoms with Gasteiger partial charge in [0.2, 0.25) is 0 Å². The Kier molecular flexibility index (Phi) is 5.98. The van der Waals surface area contributed by atoms with Crippen LogP contribution in [-0.4, -0.2) is 11.8 Å². The molecule has 0 aliphatic carbocycles. The zero-order chi connectivity index (χ0) is 10.3. The molecule has 0 unspecified atom stereocenters. The number of carbonyl (C=O) groups is 1. The molecule has 0 spiro atoms. The molecule has 0 aliphatic rings. The first-order chi connectivity index (χ1) is 6.11. The van der Waals surface area contributed by atoms with Crippen LogP contribution < -0.4 is 0 Å². The number of rotatable bonds is 6. The maximum atomic E-state index is 11.4. The van der Waals surface area contributed by atoms with Crippen LogP contribution in [0.15, 0.2) is 5.11 Å². The van der Waals surface area contributed by atoms with Gasteiger partial charge < -0.3 is 0 Å². The molecule has 0 aromatic heterocycles. The van der Waals surface area contributed by atoms with Gasteiger partial charge in [-0.15, -0.1) is 0 Å². The third-order valence-corrected chi connectivity index (χ3v) is 1.75. The van der Waals surface area contributed by atoms with Gasteiger partial charge in [0, 0.05) is 11.3 Å². The Hall–Kier alpha value is -1.02. The Morgan fingerprint density at radius 1 is 1.54 bits per heavy atom. The van der Waals surface area contributed by atoms with E-state index in [9.17, 15) is 4.79 Å². The van der Waals surface area contributed by atoms with Crippen LogP contribution in [0, 0.1) is 5.92 Å². The van der Waals surface area contributed by atoms with E-state index in [1.165, 1.54) is 0 Å². The number of carbonyl (C=O) groups excluding carboxylic acids is 1. The fourth-order valence-electron chi connectivity index (χ4n) is 1.16. The number of hydrogen-bond donors (Lipinski definition) is 0. The Morgan fingerprint density at radius 2 is 2.15 bits per heavy atom. The third kappa shape index (κ3) is 5.26. The summed E-state index contributed by atoms with van der Waals surface area (Å²) >= 11 is 0. The van der Waals surface area contributed by atoms with Crippen molar-refractivity contribution in [3.05, 3.63) is 10.4 Å². The molecule has 4 heteroatoms. The molecule has 4 nitrogen and oxygen atoms in total. The van der Waals surface area contributed by atoms with E-state index >= 15 is 0 Å². The van der Waals surface area contributed by atoms with E-state index in [-0.39, 0.29) is 5.78 Å². The highest BCUT2D eigenvalue weighted by atomic mass is 16.1. The van der Waals surface area contributed by atoms with Crippen molar-refractivity contribution in [3.63, 3.8) is 0 Å². The van der Waals surface area contributed by atoms with Gasteiger partial charge in [0.1, 0.15) is 5.78 Å². The molecule has 74 valence electrons. The number of nitrogens with zero attached hydrogens (tertiary/aromatic N) is 3. The molecular weight excluding hydrogens is 166 g/mol. The maximum absolute atomic E-state index is 11.4. The first-order valence-electron chi connectivity index (χ1n) is 4.68. The summed E-state index contributed by atoms with van der Waals surface area (Å²) < 4.78 is 0. The van der Waals surface area contributed by atoms with Gasteiger partial charge in [0.05, 0.1) is 6.04 Å². The third-order valence-electron chi connectivity index (χ3n) is 1.75. The molecule has 0 saturated heterocycles. The summed E-state index contributed by atoms with van der Waals surface area (Å²) in [7, 11) is 0. The average Bonchev–Trinajstić information content (AvgIpc) is 2.03. The lowest BCUT2D eigenvalue weighted by molar-refractivity contribution is -0.120. The van der Waals surface area contributed by atoms with Crippen molar-refractivity contribution in [3.8, 4) is 0 Å². The molecule has 0 saturated carbocycles. The second kappa shape index (κ2) is 6.49. The van der Waals surface area contributed by atoms with Crippen molar-refractivity contribution in [1.29, 1.82) is 0 Å². The minimum atomic E-state index is -0.454. The zero-order valence-corrected chi connectivity index (χ0v) is 8.53. The van der Waals surface area contributed by atoms with E-state index in [1.54, 1.807) is 0 Å². The Balaban J connectivity index is 4.23. The van der Waals surface area contributed by atoms with Gasteiger partial charge in [0.15, 0.2) is 0 Å². The monoisotopic (exact) mass is 183 g/mol. The van der Waals surface area contributed by atoms with Crippen molar-refractivity contribution in [2.24, 2.45) is 11.0 Å². The van der Waals surface area contributed by atoms with E-state index in [4.69, 9.17) is 5.53 Å². The summed E-state index contributed by atoms with van der Waals surface area (Å²) in [6, 6.07) is -0.454. The van der Waals surface area contributed by atoms with Crippen LogP contribution in [-0.2, 0) is 4.79 Å². The van der Waals surface area contributed by atoms with E-state index < -0.39 is 6.04 Å². The molecule has 0 amide bonds. The summed E-state index contributed by atoms with van der Waals surface area (Å²) in [5, 5.41) is 3.51. The van der Waals surface area contributed by atoms with E-state index in [2.05, 4.69) is 10.0 Å². The van der Waals surface area contributed by atoms with Gasteiger partial charge in [-0.1, -0.05) is 25.9 Å². The fraction of sp³-hybridized carbons (Fsp3) is 0.889. The van der Waals surface area contributed by atoms with Crippen molar-refractivity contribution in [1.82, 2.24) is 0 Å². The van der Waals surface area contributed by atoms with Gasteiger partial charge in [-0.3, -0.25) is 4.79 Å². The minimum Gasteiger partial charge on any atom is -0.299 e. The van der Waals surface area contributed by atoms with Crippen molar-refractivity contribution < 1.29 is 4.79 Å². The van der Waals surface area contributed by atoms with Crippen LogP contribution in [0.3, 0.4) is 0 Å². The molecule has 0 bridgehead atoms. The van der Waals surface area contributed by atoms with Gasteiger partial charge >= 0.3 is 0 Å². The van der Waals surface area contributed by atoms with Crippen LogP contribution in [0.25, 0.3) is 10.4 Å². The van der Waals surface area contributed by atoms with Crippen LogP contribution in [0.1, 0.15) is 40.0 Å². The number of Topliss-reactive ketones (excluding diaryl/α,β-unsaturated/α-hetero) is 1.